The van der Waals surface area contributed by atoms with Crippen molar-refractivity contribution in [2.45, 2.75) is 56.4 Å². The summed E-state index contributed by atoms with van der Waals surface area (Å²) in [6.45, 7) is 1.88. The summed E-state index contributed by atoms with van der Waals surface area (Å²) in [5.74, 6) is 1.71. The van der Waals surface area contributed by atoms with Crippen LogP contribution in [0.1, 0.15) is 32.1 Å². The Bertz CT molecular complexity index is 418. The van der Waals surface area contributed by atoms with Crippen molar-refractivity contribution >= 4 is 18.3 Å². The van der Waals surface area contributed by atoms with Crippen molar-refractivity contribution in [2.24, 2.45) is 17.8 Å². The molecule has 4 rings (SSSR count). The standard InChI is InChI=1S/C16H26N2O3.ClH/c1-21-15-6-9(2-5-14(15)19)16(20)18-7-10-11(8-18)13-4-3-12(10)17-13;/h9-15,17,19H,2-8H2,1H3;1H/t9-,10-,11+,12-,13+,14+,15-;/m0./s1. The highest BCUT2D eigenvalue weighted by Gasteiger charge is 2.52. The molecule has 0 radical (unpaired) electrons. The van der Waals surface area contributed by atoms with E-state index in [1.54, 1.807) is 7.11 Å². The first-order chi connectivity index (χ1) is 10.2. The fraction of sp³-hybridized carbons (Fsp3) is 0.938. The van der Waals surface area contributed by atoms with Gasteiger partial charge in [-0.1, -0.05) is 0 Å². The van der Waals surface area contributed by atoms with E-state index in [0.29, 0.717) is 42.7 Å². The highest BCUT2D eigenvalue weighted by atomic mass is 35.5. The Morgan fingerprint density at radius 1 is 1.14 bits per heavy atom. The Morgan fingerprint density at radius 2 is 1.77 bits per heavy atom. The van der Waals surface area contributed by atoms with Gasteiger partial charge in [-0.25, -0.2) is 0 Å². The van der Waals surface area contributed by atoms with Crippen LogP contribution >= 0.6 is 12.4 Å². The second kappa shape index (κ2) is 6.27. The van der Waals surface area contributed by atoms with Crippen molar-refractivity contribution in [1.82, 2.24) is 10.2 Å². The zero-order valence-electron chi connectivity index (χ0n) is 13.1. The van der Waals surface area contributed by atoms with Crippen molar-refractivity contribution < 1.29 is 14.6 Å². The average molecular weight is 331 g/mol. The van der Waals surface area contributed by atoms with E-state index in [4.69, 9.17) is 4.74 Å². The number of aliphatic hydroxyl groups excluding tert-OH is 1. The maximum Gasteiger partial charge on any atom is 0.225 e. The molecule has 4 fully saturated rings. The van der Waals surface area contributed by atoms with Gasteiger partial charge in [0.25, 0.3) is 0 Å². The second-order valence-electron chi connectivity index (χ2n) is 7.38. The van der Waals surface area contributed by atoms with Crippen molar-refractivity contribution in [3.8, 4) is 0 Å². The summed E-state index contributed by atoms with van der Waals surface area (Å²) >= 11 is 0. The molecule has 1 amide bonds. The molecule has 5 nitrogen and oxygen atoms in total. The monoisotopic (exact) mass is 330 g/mol. The molecule has 3 saturated heterocycles. The SMILES string of the molecule is CO[C@H]1C[C@@H](C(=O)N2C[C@@H]3[C@H](C2)[C@@H]2CC[C@H]3N2)CC[C@H]1O.Cl. The number of rotatable bonds is 2. The largest absolute Gasteiger partial charge is 0.390 e. The quantitative estimate of drug-likeness (QED) is 0.786. The fourth-order valence-corrected chi connectivity index (χ4v) is 5.21. The molecule has 0 aromatic heterocycles. The summed E-state index contributed by atoms with van der Waals surface area (Å²) in [5.41, 5.74) is 0. The molecule has 2 bridgehead atoms. The van der Waals surface area contributed by atoms with Gasteiger partial charge in [0.1, 0.15) is 0 Å². The Labute approximate surface area is 138 Å². The molecule has 6 heteroatoms. The first-order valence-corrected chi connectivity index (χ1v) is 8.43. The lowest BCUT2D eigenvalue weighted by atomic mass is 9.82. The van der Waals surface area contributed by atoms with E-state index in [9.17, 15) is 9.90 Å². The highest BCUT2D eigenvalue weighted by Crippen LogP contribution is 2.43. The van der Waals surface area contributed by atoms with Crippen LogP contribution in [-0.2, 0) is 9.53 Å². The first kappa shape index (κ1) is 16.5. The summed E-state index contributed by atoms with van der Waals surface area (Å²) in [7, 11) is 1.63. The van der Waals surface area contributed by atoms with E-state index in [-0.39, 0.29) is 24.4 Å². The normalized spacial score (nSPS) is 46.5. The van der Waals surface area contributed by atoms with Crippen LogP contribution in [0.5, 0.6) is 0 Å². The molecule has 0 aromatic carbocycles. The molecule has 0 unspecified atom stereocenters. The number of amides is 1. The van der Waals surface area contributed by atoms with Crippen molar-refractivity contribution in [3.05, 3.63) is 0 Å². The minimum Gasteiger partial charge on any atom is -0.390 e. The third kappa shape index (κ3) is 2.56. The molecule has 1 saturated carbocycles. The minimum absolute atomic E-state index is 0. The van der Waals surface area contributed by atoms with Crippen LogP contribution in [0.15, 0.2) is 0 Å². The maximum absolute atomic E-state index is 12.8. The number of fused-ring (bicyclic) bond motifs is 5. The molecule has 126 valence electrons. The highest BCUT2D eigenvalue weighted by molar-refractivity contribution is 5.85. The van der Waals surface area contributed by atoms with Gasteiger partial charge >= 0.3 is 0 Å². The van der Waals surface area contributed by atoms with Gasteiger partial charge in [0.05, 0.1) is 12.2 Å². The van der Waals surface area contributed by atoms with Gasteiger partial charge in [0.2, 0.25) is 5.91 Å². The van der Waals surface area contributed by atoms with E-state index < -0.39 is 6.10 Å². The summed E-state index contributed by atoms with van der Waals surface area (Å²) < 4.78 is 5.33. The Morgan fingerprint density at radius 3 is 2.36 bits per heavy atom. The summed E-state index contributed by atoms with van der Waals surface area (Å²) in [6, 6.07) is 1.30. The predicted octanol–water partition coefficient (Wildman–Crippen LogP) is 0.793. The van der Waals surface area contributed by atoms with E-state index in [2.05, 4.69) is 10.2 Å². The second-order valence-corrected chi connectivity index (χ2v) is 7.38. The summed E-state index contributed by atoms with van der Waals surface area (Å²) in [5, 5.41) is 13.6. The van der Waals surface area contributed by atoms with E-state index in [1.807, 2.05) is 0 Å². The molecule has 22 heavy (non-hydrogen) atoms. The number of carbonyl (C=O) groups is 1. The number of aliphatic hydroxyl groups is 1. The molecule has 4 aliphatic rings. The van der Waals surface area contributed by atoms with Crippen molar-refractivity contribution in [3.63, 3.8) is 0 Å². The number of halogens is 1. The van der Waals surface area contributed by atoms with Gasteiger partial charge in [-0.05, 0) is 43.9 Å². The number of ether oxygens (including phenoxy) is 1. The predicted molar refractivity (Wildman–Crippen MR) is 84.9 cm³/mol. The lowest BCUT2D eigenvalue weighted by molar-refractivity contribution is -0.140. The van der Waals surface area contributed by atoms with E-state index in [0.717, 1.165) is 19.5 Å². The number of nitrogens with one attached hydrogen (secondary N) is 1. The van der Waals surface area contributed by atoms with E-state index >= 15 is 0 Å². The lowest BCUT2D eigenvalue weighted by Crippen LogP contribution is -2.43. The number of likely N-dealkylation sites (tertiary alicyclic amines) is 1. The summed E-state index contributed by atoms with van der Waals surface area (Å²) in [6.07, 6.45) is 4.15. The Kier molecular flexibility index (Phi) is 4.70. The van der Waals surface area contributed by atoms with Crippen molar-refractivity contribution in [2.75, 3.05) is 20.2 Å². The van der Waals surface area contributed by atoms with E-state index in [1.165, 1.54) is 12.8 Å². The van der Waals surface area contributed by atoms with Gasteiger partial charge in [0.15, 0.2) is 0 Å². The van der Waals surface area contributed by atoms with Gasteiger partial charge in [-0.2, -0.15) is 0 Å². The maximum atomic E-state index is 12.8. The fourth-order valence-electron chi connectivity index (χ4n) is 5.21. The Balaban J connectivity index is 0.00000144. The van der Waals surface area contributed by atoms with Gasteiger partial charge < -0.3 is 20.1 Å². The number of carbonyl (C=O) groups excluding carboxylic acids is 1. The third-order valence-corrected chi connectivity index (χ3v) is 6.38. The molecule has 3 heterocycles. The number of hydrogen-bond donors (Lipinski definition) is 2. The molecule has 1 aliphatic carbocycles. The average Bonchev–Trinajstić information content (AvgIpc) is 3.19. The zero-order chi connectivity index (χ0) is 14.6. The number of hydrogen-bond acceptors (Lipinski definition) is 4. The number of methoxy groups -OCH3 is 1. The van der Waals surface area contributed by atoms with Crippen LogP contribution < -0.4 is 5.32 Å². The van der Waals surface area contributed by atoms with Crippen LogP contribution in [0.2, 0.25) is 0 Å². The smallest absolute Gasteiger partial charge is 0.225 e. The van der Waals surface area contributed by atoms with Crippen LogP contribution in [0.3, 0.4) is 0 Å². The summed E-state index contributed by atoms with van der Waals surface area (Å²) in [4.78, 5) is 14.9. The molecular weight excluding hydrogens is 304 g/mol. The first-order valence-electron chi connectivity index (χ1n) is 8.43. The lowest BCUT2D eigenvalue weighted by Gasteiger charge is -2.33. The molecule has 0 spiro atoms. The third-order valence-electron chi connectivity index (χ3n) is 6.38. The molecule has 7 atom stereocenters. The minimum atomic E-state index is -0.406. The molecule has 0 aromatic rings. The molecular formula is C16H27ClN2O3. The van der Waals surface area contributed by atoms with Crippen molar-refractivity contribution in [1.29, 1.82) is 0 Å². The van der Waals surface area contributed by atoms with Crippen LogP contribution in [0.4, 0.5) is 0 Å². The molecule has 2 N–H and O–H groups in total. The Hall–Kier alpha value is -0.360. The van der Waals surface area contributed by atoms with Gasteiger partial charge in [-0.3, -0.25) is 4.79 Å². The van der Waals surface area contributed by atoms with Crippen LogP contribution in [0, 0.1) is 17.8 Å². The van der Waals surface area contributed by atoms with Gasteiger partial charge in [-0.15, -0.1) is 12.4 Å². The van der Waals surface area contributed by atoms with Gasteiger partial charge in [0, 0.05) is 38.2 Å². The van der Waals surface area contributed by atoms with Crippen LogP contribution in [0.25, 0.3) is 0 Å². The zero-order valence-corrected chi connectivity index (χ0v) is 13.9. The van der Waals surface area contributed by atoms with Crippen LogP contribution in [-0.4, -0.2) is 60.4 Å². The number of nitrogens with zero attached hydrogens (tertiary/aromatic N) is 1. The topological polar surface area (TPSA) is 61.8 Å². The molecule has 3 aliphatic heterocycles.